The Morgan fingerprint density at radius 2 is 2.08 bits per heavy atom. The molecule has 0 bridgehead atoms. The van der Waals surface area contributed by atoms with Crippen LogP contribution >= 0.6 is 0 Å². The Kier molecular flexibility index (Phi) is 2.41. The van der Waals surface area contributed by atoms with Gasteiger partial charge in [-0.05, 0) is 36.7 Å². The monoisotopic (exact) mass is 166 g/mol. The Labute approximate surface area is 74.9 Å². The minimum Gasteiger partial charge on any atom is -0.298 e. The van der Waals surface area contributed by atoms with Gasteiger partial charge in [0.1, 0.15) is 6.29 Å². The highest BCUT2D eigenvalue weighted by Crippen LogP contribution is 2.42. The van der Waals surface area contributed by atoms with E-state index < -0.39 is 0 Å². The number of rotatable bonds is 1. The molecular formula is C11H18O. The van der Waals surface area contributed by atoms with E-state index in [2.05, 4.69) is 27.7 Å². The van der Waals surface area contributed by atoms with Crippen molar-refractivity contribution >= 4 is 6.29 Å². The smallest absolute Gasteiger partial charge is 0.145 e. The number of allylic oxidation sites excluding steroid dienone is 2. The molecular weight excluding hydrogens is 148 g/mol. The summed E-state index contributed by atoms with van der Waals surface area (Å²) < 4.78 is 0. The Balaban J connectivity index is 2.91. The van der Waals surface area contributed by atoms with Crippen LogP contribution in [0.5, 0.6) is 0 Å². The highest BCUT2D eigenvalue weighted by Gasteiger charge is 2.31. The molecule has 12 heavy (non-hydrogen) atoms. The van der Waals surface area contributed by atoms with Crippen molar-refractivity contribution in [2.75, 3.05) is 0 Å². The average molecular weight is 166 g/mol. The van der Waals surface area contributed by atoms with E-state index >= 15 is 0 Å². The molecule has 0 N–H and O–H groups in total. The van der Waals surface area contributed by atoms with Crippen molar-refractivity contribution in [3.05, 3.63) is 11.1 Å². The van der Waals surface area contributed by atoms with Gasteiger partial charge in [0, 0.05) is 0 Å². The van der Waals surface area contributed by atoms with E-state index in [1.807, 2.05) is 0 Å². The van der Waals surface area contributed by atoms with Crippen LogP contribution in [-0.2, 0) is 4.79 Å². The van der Waals surface area contributed by atoms with Crippen molar-refractivity contribution in [3.63, 3.8) is 0 Å². The molecule has 1 heteroatoms. The first-order valence-electron chi connectivity index (χ1n) is 4.61. The van der Waals surface area contributed by atoms with Gasteiger partial charge in [-0.25, -0.2) is 0 Å². The predicted octanol–water partition coefficient (Wildman–Crippen LogP) is 2.96. The topological polar surface area (TPSA) is 17.1 Å². The molecule has 1 aliphatic carbocycles. The maximum atomic E-state index is 10.7. The quantitative estimate of drug-likeness (QED) is 0.547. The number of hydrogen-bond donors (Lipinski definition) is 0. The molecule has 0 saturated heterocycles. The highest BCUT2D eigenvalue weighted by atomic mass is 16.1. The molecule has 0 amide bonds. The lowest BCUT2D eigenvalue weighted by molar-refractivity contribution is -0.105. The molecule has 1 atom stereocenters. The lowest BCUT2D eigenvalue weighted by Crippen LogP contribution is -2.27. The third-order valence-corrected chi connectivity index (χ3v) is 3.27. The summed E-state index contributed by atoms with van der Waals surface area (Å²) in [5.74, 6) is 0.626. The summed E-state index contributed by atoms with van der Waals surface area (Å²) in [6.07, 6.45) is 3.06. The summed E-state index contributed by atoms with van der Waals surface area (Å²) in [7, 11) is 0. The van der Waals surface area contributed by atoms with Gasteiger partial charge < -0.3 is 0 Å². The molecule has 0 aromatic heterocycles. The summed E-state index contributed by atoms with van der Waals surface area (Å²) in [6.45, 7) is 8.87. The van der Waals surface area contributed by atoms with Gasteiger partial charge in [0.2, 0.25) is 0 Å². The zero-order chi connectivity index (χ0) is 9.35. The van der Waals surface area contributed by atoms with Crippen molar-refractivity contribution in [2.24, 2.45) is 11.3 Å². The first kappa shape index (κ1) is 9.50. The van der Waals surface area contributed by atoms with E-state index in [0.717, 1.165) is 24.7 Å². The molecule has 1 aliphatic rings. The van der Waals surface area contributed by atoms with Crippen LogP contribution in [-0.4, -0.2) is 6.29 Å². The molecule has 68 valence electrons. The molecule has 0 heterocycles. The van der Waals surface area contributed by atoms with Crippen LogP contribution in [0.15, 0.2) is 11.1 Å². The maximum Gasteiger partial charge on any atom is 0.145 e. The zero-order valence-electron chi connectivity index (χ0n) is 8.48. The molecule has 1 nitrogen and oxygen atoms in total. The Hall–Kier alpha value is -0.590. The number of hydrogen-bond acceptors (Lipinski definition) is 1. The van der Waals surface area contributed by atoms with Crippen LogP contribution in [0.4, 0.5) is 0 Å². The lowest BCUT2D eigenvalue weighted by Gasteiger charge is -2.37. The van der Waals surface area contributed by atoms with Gasteiger partial charge in [0.25, 0.3) is 0 Å². The van der Waals surface area contributed by atoms with Crippen LogP contribution in [0, 0.1) is 11.3 Å². The standard InChI is InChI=1S/C11H18O/c1-8-6-11(3,4)9(2)5-10(8)7-12/h7,9H,5-6H2,1-4H3. The first-order valence-corrected chi connectivity index (χ1v) is 4.61. The molecule has 1 rings (SSSR count). The Morgan fingerprint density at radius 1 is 1.50 bits per heavy atom. The van der Waals surface area contributed by atoms with E-state index in [1.54, 1.807) is 0 Å². The Morgan fingerprint density at radius 3 is 2.58 bits per heavy atom. The fourth-order valence-corrected chi connectivity index (χ4v) is 1.90. The second-order valence-corrected chi connectivity index (χ2v) is 4.69. The third kappa shape index (κ3) is 1.60. The molecule has 1 unspecified atom stereocenters. The predicted molar refractivity (Wildman–Crippen MR) is 50.9 cm³/mol. The van der Waals surface area contributed by atoms with Crippen LogP contribution in [0.1, 0.15) is 40.5 Å². The average Bonchev–Trinajstić information content (AvgIpc) is 1.96. The molecule has 0 aliphatic heterocycles. The second kappa shape index (κ2) is 3.04. The van der Waals surface area contributed by atoms with Crippen LogP contribution in [0.2, 0.25) is 0 Å². The van der Waals surface area contributed by atoms with Crippen molar-refractivity contribution in [1.29, 1.82) is 0 Å². The largest absolute Gasteiger partial charge is 0.298 e. The summed E-state index contributed by atoms with van der Waals surface area (Å²) in [5, 5.41) is 0. The minimum atomic E-state index is 0.372. The fourth-order valence-electron chi connectivity index (χ4n) is 1.90. The molecule has 0 radical (unpaired) electrons. The SMILES string of the molecule is CC1=C(C=O)CC(C)C(C)(C)C1. The number of carbonyl (C=O) groups is 1. The van der Waals surface area contributed by atoms with Crippen molar-refractivity contribution < 1.29 is 4.79 Å². The number of carbonyl (C=O) groups excluding carboxylic acids is 1. The summed E-state index contributed by atoms with van der Waals surface area (Å²) in [4.78, 5) is 10.7. The fraction of sp³-hybridized carbons (Fsp3) is 0.727. The van der Waals surface area contributed by atoms with Crippen molar-refractivity contribution in [3.8, 4) is 0 Å². The van der Waals surface area contributed by atoms with E-state index in [9.17, 15) is 4.79 Å². The van der Waals surface area contributed by atoms with E-state index in [4.69, 9.17) is 0 Å². The van der Waals surface area contributed by atoms with Crippen molar-refractivity contribution in [2.45, 2.75) is 40.5 Å². The normalized spacial score (nSPS) is 28.8. The second-order valence-electron chi connectivity index (χ2n) is 4.69. The van der Waals surface area contributed by atoms with Crippen molar-refractivity contribution in [1.82, 2.24) is 0 Å². The highest BCUT2D eigenvalue weighted by molar-refractivity contribution is 5.74. The summed E-state index contributed by atoms with van der Waals surface area (Å²) in [6, 6.07) is 0. The minimum absolute atomic E-state index is 0.372. The third-order valence-electron chi connectivity index (χ3n) is 3.27. The van der Waals surface area contributed by atoms with Crippen LogP contribution in [0.3, 0.4) is 0 Å². The molecule has 0 aromatic carbocycles. The van der Waals surface area contributed by atoms with Gasteiger partial charge in [-0.1, -0.05) is 26.3 Å². The van der Waals surface area contributed by atoms with Gasteiger partial charge in [-0.3, -0.25) is 4.79 Å². The van der Waals surface area contributed by atoms with Crippen LogP contribution < -0.4 is 0 Å². The zero-order valence-corrected chi connectivity index (χ0v) is 8.48. The molecule has 0 spiro atoms. The summed E-state index contributed by atoms with van der Waals surface area (Å²) in [5.41, 5.74) is 2.69. The van der Waals surface area contributed by atoms with Gasteiger partial charge in [0.15, 0.2) is 0 Å². The number of aldehydes is 1. The van der Waals surface area contributed by atoms with Gasteiger partial charge in [-0.15, -0.1) is 0 Å². The van der Waals surface area contributed by atoms with E-state index in [0.29, 0.717) is 11.3 Å². The summed E-state index contributed by atoms with van der Waals surface area (Å²) >= 11 is 0. The van der Waals surface area contributed by atoms with Gasteiger partial charge >= 0.3 is 0 Å². The molecule has 0 fully saturated rings. The Bertz CT molecular complexity index is 223. The van der Waals surface area contributed by atoms with Crippen LogP contribution in [0.25, 0.3) is 0 Å². The maximum absolute atomic E-state index is 10.7. The molecule has 0 saturated carbocycles. The lowest BCUT2D eigenvalue weighted by atomic mass is 9.68. The van der Waals surface area contributed by atoms with E-state index in [1.165, 1.54) is 5.57 Å². The van der Waals surface area contributed by atoms with Gasteiger partial charge in [-0.2, -0.15) is 0 Å². The van der Waals surface area contributed by atoms with E-state index in [-0.39, 0.29) is 0 Å². The molecule has 0 aromatic rings. The first-order chi connectivity index (χ1) is 5.47. The van der Waals surface area contributed by atoms with Gasteiger partial charge in [0.05, 0.1) is 0 Å².